The van der Waals surface area contributed by atoms with Gasteiger partial charge in [0, 0.05) is 22.8 Å². The number of nitrogens with one attached hydrogen (secondary N) is 2. The SMILES string of the molecule is CC(C)C(OC(=O)c1ccnc2[nH]ccc12)C(=O)Nc1cc(Cl)ccc1Cl. The summed E-state index contributed by atoms with van der Waals surface area (Å²) in [7, 11) is 0. The molecule has 2 heterocycles. The monoisotopic (exact) mass is 405 g/mol. The number of amides is 1. The molecule has 6 nitrogen and oxygen atoms in total. The number of benzene rings is 1. The number of hydrogen-bond donors (Lipinski definition) is 2. The van der Waals surface area contributed by atoms with Crippen molar-refractivity contribution in [2.24, 2.45) is 5.92 Å². The van der Waals surface area contributed by atoms with E-state index in [0.717, 1.165) is 0 Å². The highest BCUT2D eigenvalue weighted by Gasteiger charge is 2.28. The third-order valence-electron chi connectivity index (χ3n) is 3.96. The number of esters is 1. The van der Waals surface area contributed by atoms with Gasteiger partial charge >= 0.3 is 5.97 Å². The number of H-pyrrole nitrogens is 1. The molecule has 2 N–H and O–H groups in total. The summed E-state index contributed by atoms with van der Waals surface area (Å²) in [6.07, 6.45) is 2.18. The van der Waals surface area contributed by atoms with Crippen molar-refractivity contribution < 1.29 is 14.3 Å². The van der Waals surface area contributed by atoms with E-state index in [1.807, 2.05) is 0 Å². The molecule has 0 saturated heterocycles. The van der Waals surface area contributed by atoms with Crippen molar-refractivity contribution in [1.82, 2.24) is 9.97 Å². The number of aromatic nitrogens is 2. The van der Waals surface area contributed by atoms with Crippen LogP contribution >= 0.6 is 23.2 Å². The quantitative estimate of drug-likeness (QED) is 0.602. The largest absolute Gasteiger partial charge is 0.448 e. The van der Waals surface area contributed by atoms with Crippen molar-refractivity contribution in [2.45, 2.75) is 20.0 Å². The minimum Gasteiger partial charge on any atom is -0.448 e. The minimum atomic E-state index is -1.00. The Kier molecular flexibility index (Phi) is 5.68. The van der Waals surface area contributed by atoms with Gasteiger partial charge < -0.3 is 15.0 Å². The van der Waals surface area contributed by atoms with Gasteiger partial charge in [0.2, 0.25) is 0 Å². The highest BCUT2D eigenvalue weighted by molar-refractivity contribution is 6.35. The van der Waals surface area contributed by atoms with E-state index in [1.54, 1.807) is 44.3 Å². The first-order valence-corrected chi connectivity index (χ1v) is 9.01. The molecule has 1 aromatic carbocycles. The van der Waals surface area contributed by atoms with E-state index in [4.69, 9.17) is 27.9 Å². The lowest BCUT2D eigenvalue weighted by Gasteiger charge is -2.21. The molecule has 0 fully saturated rings. The molecule has 0 aliphatic carbocycles. The summed E-state index contributed by atoms with van der Waals surface area (Å²) < 4.78 is 5.51. The molecule has 0 aliphatic heterocycles. The molecule has 27 heavy (non-hydrogen) atoms. The molecule has 3 aromatic rings. The number of fused-ring (bicyclic) bond motifs is 1. The standard InChI is InChI=1S/C19H17Cl2N3O3/c1-10(2)16(18(25)24-15-9-11(20)3-4-14(15)21)27-19(26)13-6-8-23-17-12(13)5-7-22-17/h3-10,16H,1-2H3,(H,22,23)(H,24,25). The zero-order valence-corrected chi connectivity index (χ0v) is 16.1. The van der Waals surface area contributed by atoms with Crippen molar-refractivity contribution in [2.75, 3.05) is 5.32 Å². The fraction of sp³-hybridized carbons (Fsp3) is 0.211. The molecule has 1 unspecified atom stereocenters. The Hall–Kier alpha value is -2.57. The third kappa shape index (κ3) is 4.23. The molecule has 2 aromatic heterocycles. The Morgan fingerprint density at radius 3 is 2.70 bits per heavy atom. The lowest BCUT2D eigenvalue weighted by Crippen LogP contribution is -2.36. The highest BCUT2D eigenvalue weighted by atomic mass is 35.5. The van der Waals surface area contributed by atoms with Crippen LogP contribution < -0.4 is 5.32 Å². The second-order valence-corrected chi connectivity index (χ2v) is 7.13. The summed E-state index contributed by atoms with van der Waals surface area (Å²) in [6.45, 7) is 3.57. The summed E-state index contributed by atoms with van der Waals surface area (Å²) in [4.78, 5) is 32.4. The van der Waals surface area contributed by atoms with Crippen LogP contribution in [0.5, 0.6) is 0 Å². The van der Waals surface area contributed by atoms with Crippen molar-refractivity contribution >= 4 is 51.8 Å². The van der Waals surface area contributed by atoms with Gasteiger partial charge in [-0.1, -0.05) is 37.0 Å². The fourth-order valence-corrected chi connectivity index (χ4v) is 2.94. The molecule has 1 amide bonds. The summed E-state index contributed by atoms with van der Waals surface area (Å²) in [6, 6.07) is 8.02. The number of carbonyl (C=O) groups is 2. The van der Waals surface area contributed by atoms with Gasteiger partial charge in [-0.15, -0.1) is 0 Å². The maximum absolute atomic E-state index is 12.7. The van der Waals surface area contributed by atoms with Crippen LogP contribution in [0, 0.1) is 5.92 Å². The number of halogens is 2. The Balaban J connectivity index is 1.81. The minimum absolute atomic E-state index is 0.254. The van der Waals surface area contributed by atoms with E-state index in [0.29, 0.717) is 32.3 Å². The lowest BCUT2D eigenvalue weighted by molar-refractivity contribution is -0.126. The van der Waals surface area contributed by atoms with Gasteiger partial charge in [-0.05, 0) is 36.2 Å². The smallest absolute Gasteiger partial charge is 0.339 e. The summed E-state index contributed by atoms with van der Waals surface area (Å²) in [5.74, 6) is -1.34. The van der Waals surface area contributed by atoms with E-state index in [-0.39, 0.29) is 5.92 Å². The molecular formula is C19H17Cl2N3O3. The van der Waals surface area contributed by atoms with Crippen molar-refractivity contribution in [3.05, 3.63) is 58.3 Å². The van der Waals surface area contributed by atoms with Gasteiger partial charge in [-0.25, -0.2) is 9.78 Å². The van der Waals surface area contributed by atoms with Gasteiger partial charge in [0.25, 0.3) is 5.91 Å². The predicted octanol–water partition coefficient (Wildman–Crippen LogP) is 4.69. The van der Waals surface area contributed by atoms with Gasteiger partial charge in [0.05, 0.1) is 16.3 Å². The van der Waals surface area contributed by atoms with E-state index >= 15 is 0 Å². The number of carbonyl (C=O) groups excluding carboxylic acids is 2. The number of pyridine rings is 1. The molecule has 0 radical (unpaired) electrons. The average molecular weight is 406 g/mol. The van der Waals surface area contributed by atoms with E-state index in [9.17, 15) is 9.59 Å². The van der Waals surface area contributed by atoms with Crippen LogP contribution in [0.15, 0.2) is 42.7 Å². The Bertz CT molecular complexity index is 1000. The van der Waals surface area contributed by atoms with Crippen molar-refractivity contribution in [3.63, 3.8) is 0 Å². The third-order valence-corrected chi connectivity index (χ3v) is 4.53. The first-order valence-electron chi connectivity index (χ1n) is 8.26. The number of nitrogens with zero attached hydrogens (tertiary/aromatic N) is 1. The van der Waals surface area contributed by atoms with Crippen molar-refractivity contribution in [1.29, 1.82) is 0 Å². The van der Waals surface area contributed by atoms with Gasteiger partial charge in [-0.2, -0.15) is 0 Å². The second-order valence-electron chi connectivity index (χ2n) is 6.28. The maximum Gasteiger partial charge on any atom is 0.339 e. The number of anilines is 1. The molecule has 3 rings (SSSR count). The Labute approximate surface area is 165 Å². The lowest BCUT2D eigenvalue weighted by atomic mass is 10.1. The molecule has 0 bridgehead atoms. The van der Waals surface area contributed by atoms with Gasteiger partial charge in [-0.3, -0.25) is 4.79 Å². The zero-order chi connectivity index (χ0) is 19.6. The topological polar surface area (TPSA) is 84.1 Å². The van der Waals surface area contributed by atoms with E-state index in [2.05, 4.69) is 15.3 Å². The van der Waals surface area contributed by atoms with Crippen LogP contribution in [0.1, 0.15) is 24.2 Å². The highest BCUT2D eigenvalue weighted by Crippen LogP contribution is 2.26. The summed E-state index contributed by atoms with van der Waals surface area (Å²) in [5, 5.41) is 4.07. The van der Waals surface area contributed by atoms with E-state index in [1.165, 1.54) is 12.3 Å². The summed E-state index contributed by atoms with van der Waals surface area (Å²) >= 11 is 12.0. The number of ether oxygens (including phenoxy) is 1. The molecular weight excluding hydrogens is 389 g/mol. The summed E-state index contributed by atoms with van der Waals surface area (Å²) in [5.41, 5.74) is 1.26. The predicted molar refractivity (Wildman–Crippen MR) is 105 cm³/mol. The van der Waals surface area contributed by atoms with Crippen LogP contribution in [-0.2, 0) is 9.53 Å². The molecule has 8 heteroatoms. The van der Waals surface area contributed by atoms with Crippen LogP contribution in [0.25, 0.3) is 11.0 Å². The van der Waals surface area contributed by atoms with Crippen LogP contribution in [0.4, 0.5) is 5.69 Å². The first kappa shape index (κ1) is 19.2. The van der Waals surface area contributed by atoms with Crippen LogP contribution in [0.3, 0.4) is 0 Å². The Morgan fingerprint density at radius 2 is 1.96 bits per heavy atom. The average Bonchev–Trinajstić information content (AvgIpc) is 3.10. The maximum atomic E-state index is 12.7. The van der Waals surface area contributed by atoms with E-state index < -0.39 is 18.0 Å². The molecule has 140 valence electrons. The molecule has 0 saturated carbocycles. The van der Waals surface area contributed by atoms with Crippen LogP contribution in [0.2, 0.25) is 10.0 Å². The molecule has 0 aliphatic rings. The van der Waals surface area contributed by atoms with Gasteiger partial charge in [0.15, 0.2) is 6.10 Å². The van der Waals surface area contributed by atoms with Crippen molar-refractivity contribution in [3.8, 4) is 0 Å². The van der Waals surface area contributed by atoms with Gasteiger partial charge in [0.1, 0.15) is 5.65 Å². The zero-order valence-electron chi connectivity index (χ0n) is 14.6. The Morgan fingerprint density at radius 1 is 1.19 bits per heavy atom. The normalized spacial score (nSPS) is 12.2. The molecule has 0 spiro atoms. The first-order chi connectivity index (χ1) is 12.9. The molecule has 1 atom stereocenters. The van der Waals surface area contributed by atoms with Crippen LogP contribution in [-0.4, -0.2) is 27.9 Å². The number of aromatic amines is 1. The number of rotatable bonds is 5. The number of hydrogen-bond acceptors (Lipinski definition) is 4. The fourth-order valence-electron chi connectivity index (χ4n) is 2.61. The second kappa shape index (κ2) is 7.98.